The predicted molar refractivity (Wildman–Crippen MR) is 198 cm³/mol. The highest BCUT2D eigenvalue weighted by atomic mass is 31.2. The second-order valence-electron chi connectivity index (χ2n) is 13.8. The zero-order valence-corrected chi connectivity index (χ0v) is 32.5. The lowest BCUT2D eigenvalue weighted by Gasteiger charge is -2.41. The van der Waals surface area contributed by atoms with E-state index in [-0.39, 0.29) is 12.8 Å². The zero-order valence-electron chi connectivity index (χ0n) is 31.6. The summed E-state index contributed by atoms with van der Waals surface area (Å²) in [4.78, 5) is 34.8. The fourth-order valence-corrected chi connectivity index (χ4v) is 6.74. The summed E-state index contributed by atoms with van der Waals surface area (Å²) in [6.07, 6.45) is 16.9. The van der Waals surface area contributed by atoms with E-state index in [1.165, 1.54) is 64.2 Å². The van der Waals surface area contributed by atoms with Crippen molar-refractivity contribution in [2.45, 2.75) is 191 Å². The van der Waals surface area contributed by atoms with Crippen LogP contribution in [0, 0.1) is 0 Å². The minimum absolute atomic E-state index is 0.0918. The summed E-state index contributed by atoms with van der Waals surface area (Å²) < 4.78 is 32.9. The molecule has 0 heterocycles. The summed E-state index contributed by atoms with van der Waals surface area (Å²) in [5.41, 5.74) is 0. The van der Waals surface area contributed by atoms with Crippen molar-refractivity contribution in [2.75, 3.05) is 13.2 Å². The molecule has 0 aliphatic heterocycles. The molecule has 13 nitrogen and oxygen atoms in total. The maximum atomic E-state index is 12.6. The smallest absolute Gasteiger partial charge is 0.462 e. The fraction of sp³-hybridized carbons (Fsp3) is 0.842. The Hall–Kier alpha value is -1.67. The molecular formula is C38H69O13P. The molecule has 52 heavy (non-hydrogen) atoms. The molecule has 0 amide bonds. The number of rotatable bonds is 31. The van der Waals surface area contributed by atoms with Crippen molar-refractivity contribution >= 4 is 19.8 Å². The molecule has 0 aromatic rings. The zero-order chi connectivity index (χ0) is 38.6. The number of phosphoric ester groups is 1. The maximum Gasteiger partial charge on any atom is 0.472 e. The second-order valence-corrected chi connectivity index (χ2v) is 15.2. The van der Waals surface area contributed by atoms with E-state index in [1.807, 2.05) is 6.92 Å². The molecular weight excluding hydrogens is 695 g/mol. The molecule has 1 aliphatic carbocycles. The van der Waals surface area contributed by atoms with Crippen molar-refractivity contribution in [3.8, 4) is 0 Å². The van der Waals surface area contributed by atoms with Crippen LogP contribution in [0.2, 0.25) is 0 Å². The molecule has 6 unspecified atom stereocenters. The van der Waals surface area contributed by atoms with Crippen LogP contribution in [-0.4, -0.2) is 98.3 Å². The lowest BCUT2D eigenvalue weighted by molar-refractivity contribution is -0.220. The van der Waals surface area contributed by atoms with E-state index < -0.39 is 75.7 Å². The molecule has 0 radical (unpaired) electrons. The van der Waals surface area contributed by atoms with Crippen molar-refractivity contribution in [1.82, 2.24) is 0 Å². The van der Waals surface area contributed by atoms with Crippen molar-refractivity contribution < 1.29 is 63.1 Å². The van der Waals surface area contributed by atoms with Crippen LogP contribution < -0.4 is 0 Å². The summed E-state index contributed by atoms with van der Waals surface area (Å²) in [5.74, 6) is -1.15. The lowest BCUT2D eigenvalue weighted by Crippen LogP contribution is -2.64. The number of carbonyl (C=O) groups excluding carboxylic acids is 2. The molecule has 0 aromatic carbocycles. The Bertz CT molecular complexity index is 1020. The number of carbonyl (C=O) groups is 2. The van der Waals surface area contributed by atoms with Gasteiger partial charge in [-0.3, -0.25) is 18.6 Å². The average molecular weight is 765 g/mol. The Balaban J connectivity index is 2.30. The molecule has 1 saturated carbocycles. The highest BCUT2D eigenvalue weighted by Crippen LogP contribution is 2.47. The van der Waals surface area contributed by atoms with E-state index in [0.29, 0.717) is 12.8 Å². The van der Waals surface area contributed by atoms with Crippen LogP contribution in [0.1, 0.15) is 149 Å². The minimum atomic E-state index is -5.09. The molecule has 0 saturated heterocycles. The fourth-order valence-electron chi connectivity index (χ4n) is 5.76. The van der Waals surface area contributed by atoms with Crippen molar-refractivity contribution in [3.63, 3.8) is 0 Å². The van der Waals surface area contributed by atoms with Gasteiger partial charge in [0.1, 0.15) is 43.2 Å². The van der Waals surface area contributed by atoms with Gasteiger partial charge in [-0.1, -0.05) is 115 Å². The number of ether oxygens (including phenoxy) is 2. The average Bonchev–Trinajstić information content (AvgIpc) is 3.12. The number of esters is 2. The lowest BCUT2D eigenvalue weighted by atomic mass is 9.85. The highest BCUT2D eigenvalue weighted by Gasteiger charge is 2.51. The Morgan fingerprint density at radius 2 is 1.06 bits per heavy atom. The monoisotopic (exact) mass is 764 g/mol. The van der Waals surface area contributed by atoms with Gasteiger partial charge in [-0.05, 0) is 44.9 Å². The topological polar surface area (TPSA) is 210 Å². The molecule has 0 spiro atoms. The van der Waals surface area contributed by atoms with Gasteiger partial charge in [0.15, 0.2) is 6.10 Å². The third kappa shape index (κ3) is 22.5. The van der Waals surface area contributed by atoms with Gasteiger partial charge in [-0.25, -0.2) is 4.57 Å². The van der Waals surface area contributed by atoms with E-state index in [9.17, 15) is 44.6 Å². The second kappa shape index (κ2) is 29.7. The number of aliphatic hydroxyl groups is 5. The first kappa shape index (κ1) is 48.3. The van der Waals surface area contributed by atoms with Crippen LogP contribution in [0.3, 0.4) is 0 Å². The number of aliphatic hydroxyl groups excluding tert-OH is 5. The van der Waals surface area contributed by atoms with Crippen molar-refractivity contribution in [2.24, 2.45) is 0 Å². The Kier molecular flexibility index (Phi) is 27.6. The normalized spacial score (nSPS) is 23.9. The quantitative estimate of drug-likeness (QED) is 0.0204. The van der Waals surface area contributed by atoms with Gasteiger partial charge in [0, 0.05) is 12.8 Å². The van der Waals surface area contributed by atoms with Crippen LogP contribution in [0.4, 0.5) is 0 Å². The standard InChI is InChI=1S/C38H69O13P/c1-3-5-7-8-9-10-11-12-13-14-15-16-17-18-19-20-21-22-23-24-25-27-32(40)50-30(28-48-31(39)26-6-4-2)29-49-52(46,47)51-38-36(44)34(42)33(41)35(43)37(38)45/h11-12,14-15,30,33-38,41-45H,3-10,13,16-29H2,1-2H3,(H,46,47)/b12-11-,15-14-. The number of phosphoric acid groups is 1. The van der Waals surface area contributed by atoms with Crippen molar-refractivity contribution in [3.05, 3.63) is 24.3 Å². The van der Waals surface area contributed by atoms with Crippen LogP contribution in [0.5, 0.6) is 0 Å². The Labute approximate surface area is 311 Å². The SMILES string of the molecule is CCCCCCC/C=C\C/C=C\CCCCCCCCCCCC(=O)OC(COC(=O)CCCC)COP(=O)(O)OC1C(O)C(O)C(O)C(O)C1O. The molecule has 6 N–H and O–H groups in total. The predicted octanol–water partition coefficient (Wildman–Crippen LogP) is 6.11. The molecule has 0 bridgehead atoms. The van der Waals surface area contributed by atoms with Gasteiger partial charge in [0.25, 0.3) is 0 Å². The number of hydrogen-bond acceptors (Lipinski definition) is 12. The van der Waals surface area contributed by atoms with Crippen LogP contribution in [-0.2, 0) is 32.7 Å². The van der Waals surface area contributed by atoms with Gasteiger partial charge in [0.05, 0.1) is 6.61 Å². The summed E-state index contributed by atoms with van der Waals surface area (Å²) in [6, 6.07) is 0. The van der Waals surface area contributed by atoms with Crippen LogP contribution in [0.15, 0.2) is 24.3 Å². The van der Waals surface area contributed by atoms with Gasteiger partial charge in [-0.2, -0.15) is 0 Å². The van der Waals surface area contributed by atoms with E-state index in [1.54, 1.807) is 0 Å². The maximum absolute atomic E-state index is 12.6. The van der Waals surface area contributed by atoms with Crippen LogP contribution >= 0.6 is 7.82 Å². The first-order chi connectivity index (χ1) is 24.9. The van der Waals surface area contributed by atoms with Gasteiger partial charge in [0.2, 0.25) is 0 Å². The minimum Gasteiger partial charge on any atom is -0.462 e. The molecule has 304 valence electrons. The number of hydrogen-bond donors (Lipinski definition) is 6. The van der Waals surface area contributed by atoms with Gasteiger partial charge >= 0.3 is 19.8 Å². The van der Waals surface area contributed by atoms with Gasteiger partial charge in [-0.15, -0.1) is 0 Å². The Morgan fingerprint density at radius 1 is 0.596 bits per heavy atom. The van der Waals surface area contributed by atoms with Crippen molar-refractivity contribution in [1.29, 1.82) is 0 Å². The third-order valence-corrected chi connectivity index (χ3v) is 10.0. The summed E-state index contributed by atoms with van der Waals surface area (Å²) >= 11 is 0. The first-order valence-electron chi connectivity index (χ1n) is 19.6. The van der Waals surface area contributed by atoms with E-state index >= 15 is 0 Å². The summed E-state index contributed by atoms with van der Waals surface area (Å²) in [7, 11) is -5.09. The molecule has 0 aromatic heterocycles. The van der Waals surface area contributed by atoms with E-state index in [4.69, 9.17) is 18.5 Å². The van der Waals surface area contributed by atoms with Crippen LogP contribution in [0.25, 0.3) is 0 Å². The van der Waals surface area contributed by atoms with E-state index in [0.717, 1.165) is 44.9 Å². The number of allylic oxidation sites excluding steroid dienone is 4. The summed E-state index contributed by atoms with van der Waals surface area (Å²) in [5, 5.41) is 49.6. The first-order valence-corrected chi connectivity index (χ1v) is 21.1. The third-order valence-electron chi connectivity index (χ3n) is 9.05. The molecule has 14 heteroatoms. The highest BCUT2D eigenvalue weighted by molar-refractivity contribution is 7.47. The Morgan fingerprint density at radius 3 is 1.60 bits per heavy atom. The molecule has 1 aliphatic rings. The largest absolute Gasteiger partial charge is 0.472 e. The number of unbranched alkanes of at least 4 members (excludes halogenated alkanes) is 15. The van der Waals surface area contributed by atoms with E-state index in [2.05, 4.69) is 31.2 Å². The molecule has 1 fully saturated rings. The molecule has 6 atom stereocenters. The molecule has 1 rings (SSSR count). The van der Waals surface area contributed by atoms with Gasteiger partial charge < -0.3 is 39.9 Å². The summed E-state index contributed by atoms with van der Waals surface area (Å²) in [6.45, 7) is 2.96.